The molecule has 3 fully saturated rings. The van der Waals surface area contributed by atoms with Crippen LogP contribution in [0.25, 0.3) is 0 Å². The Hall–Kier alpha value is -2.45. The van der Waals surface area contributed by atoms with Crippen LogP contribution in [-0.4, -0.2) is 69.5 Å². The quantitative estimate of drug-likeness (QED) is 0.543. The van der Waals surface area contributed by atoms with Crippen molar-refractivity contribution >= 4 is 22.5 Å². The zero-order chi connectivity index (χ0) is 24.0. The highest BCUT2D eigenvalue weighted by atomic mass is 32.3. The zero-order valence-electron chi connectivity index (χ0n) is 18.8. The summed E-state index contributed by atoms with van der Waals surface area (Å²) in [4.78, 5) is 25.8. The SMILES string of the molecule is CC(C)(C)OC(=O)NC1CC(CCc2nnc([C@@H]3CC[C@H]4CN3C(=O)N4OS(=O)(=O)O)o2)C1. The normalized spacial score (nSPS) is 27.5. The first-order valence-corrected chi connectivity index (χ1v) is 12.3. The molecule has 184 valence electrons. The molecule has 3 heterocycles. The first-order valence-electron chi connectivity index (χ1n) is 11.0. The molecule has 2 atom stereocenters. The second-order valence-corrected chi connectivity index (χ2v) is 10.8. The van der Waals surface area contributed by atoms with E-state index in [2.05, 4.69) is 19.8 Å². The largest absolute Gasteiger partial charge is 0.444 e. The molecule has 1 saturated carbocycles. The van der Waals surface area contributed by atoms with E-state index < -0.39 is 40.2 Å². The lowest BCUT2D eigenvalue weighted by Crippen LogP contribution is -2.46. The van der Waals surface area contributed by atoms with E-state index in [0.29, 0.717) is 42.0 Å². The lowest BCUT2D eigenvalue weighted by Gasteiger charge is -2.36. The number of carbonyl (C=O) groups excluding carboxylic acids is 2. The predicted molar refractivity (Wildman–Crippen MR) is 111 cm³/mol. The van der Waals surface area contributed by atoms with E-state index in [1.54, 1.807) is 0 Å². The Labute approximate surface area is 191 Å². The van der Waals surface area contributed by atoms with Crippen LogP contribution < -0.4 is 5.32 Å². The van der Waals surface area contributed by atoms with E-state index in [4.69, 9.17) is 13.7 Å². The Bertz CT molecular complexity index is 1000. The van der Waals surface area contributed by atoms with Gasteiger partial charge in [-0.3, -0.25) is 4.55 Å². The van der Waals surface area contributed by atoms with E-state index in [-0.39, 0.29) is 12.6 Å². The van der Waals surface area contributed by atoms with E-state index in [1.807, 2.05) is 20.8 Å². The van der Waals surface area contributed by atoms with Crippen molar-refractivity contribution in [3.8, 4) is 0 Å². The van der Waals surface area contributed by atoms with Crippen LogP contribution in [0.4, 0.5) is 9.59 Å². The van der Waals surface area contributed by atoms with Crippen LogP contribution in [0.15, 0.2) is 4.42 Å². The maximum Gasteiger partial charge on any atom is 0.418 e. The van der Waals surface area contributed by atoms with Crippen molar-refractivity contribution in [2.45, 2.75) is 83.0 Å². The number of rotatable bonds is 7. The first-order chi connectivity index (χ1) is 15.4. The summed E-state index contributed by atoms with van der Waals surface area (Å²) in [5.41, 5.74) is -0.524. The Morgan fingerprint density at radius 1 is 1.27 bits per heavy atom. The van der Waals surface area contributed by atoms with Gasteiger partial charge in [-0.05, 0) is 58.8 Å². The van der Waals surface area contributed by atoms with Gasteiger partial charge in [0.25, 0.3) is 0 Å². The Morgan fingerprint density at radius 2 is 2.00 bits per heavy atom. The molecule has 3 aliphatic rings. The van der Waals surface area contributed by atoms with Crippen LogP contribution in [0.2, 0.25) is 0 Å². The number of amides is 3. The fraction of sp³-hybridized carbons (Fsp3) is 0.789. The minimum absolute atomic E-state index is 0.104. The molecular formula is C19H29N5O8S. The van der Waals surface area contributed by atoms with Crippen LogP contribution in [0, 0.1) is 5.92 Å². The van der Waals surface area contributed by atoms with Crippen molar-refractivity contribution in [2.24, 2.45) is 5.92 Å². The van der Waals surface area contributed by atoms with Gasteiger partial charge in [0.15, 0.2) is 0 Å². The molecule has 4 rings (SSSR count). The molecule has 1 aromatic rings. The third kappa shape index (κ3) is 5.73. The van der Waals surface area contributed by atoms with Gasteiger partial charge >= 0.3 is 22.5 Å². The molecule has 13 nitrogen and oxygen atoms in total. The third-order valence-electron chi connectivity index (χ3n) is 5.99. The number of hydrogen-bond acceptors (Lipinski definition) is 9. The average molecular weight is 488 g/mol. The van der Waals surface area contributed by atoms with Crippen LogP contribution >= 0.6 is 0 Å². The second kappa shape index (κ2) is 8.72. The highest BCUT2D eigenvalue weighted by molar-refractivity contribution is 7.80. The van der Waals surface area contributed by atoms with Crippen molar-refractivity contribution in [1.29, 1.82) is 0 Å². The molecule has 1 aliphatic carbocycles. The summed E-state index contributed by atoms with van der Waals surface area (Å²) in [5.74, 6) is 1.19. The Balaban J connectivity index is 1.24. The Morgan fingerprint density at radius 3 is 2.67 bits per heavy atom. The molecule has 3 amide bonds. The highest BCUT2D eigenvalue weighted by Crippen LogP contribution is 2.38. The van der Waals surface area contributed by atoms with Crippen LogP contribution in [0.3, 0.4) is 0 Å². The number of urea groups is 1. The average Bonchev–Trinajstić information content (AvgIpc) is 3.21. The minimum atomic E-state index is -4.79. The number of aryl methyl sites for hydroxylation is 1. The summed E-state index contributed by atoms with van der Waals surface area (Å²) < 4.78 is 46.4. The third-order valence-corrected chi connectivity index (χ3v) is 6.34. The number of aromatic nitrogens is 2. The molecular weight excluding hydrogens is 458 g/mol. The van der Waals surface area contributed by atoms with Gasteiger partial charge in [0.05, 0.1) is 6.04 Å². The maximum atomic E-state index is 12.5. The van der Waals surface area contributed by atoms with Crippen molar-refractivity contribution in [2.75, 3.05) is 6.54 Å². The fourth-order valence-electron chi connectivity index (χ4n) is 4.48. The molecule has 0 radical (unpaired) electrons. The van der Waals surface area contributed by atoms with Gasteiger partial charge in [-0.15, -0.1) is 14.5 Å². The lowest BCUT2D eigenvalue weighted by atomic mass is 9.77. The fourth-order valence-corrected chi connectivity index (χ4v) is 4.87. The number of alkyl carbamates (subject to hydrolysis) is 1. The molecule has 0 spiro atoms. The number of fused-ring (bicyclic) bond motifs is 2. The summed E-state index contributed by atoms with van der Waals surface area (Å²) in [5, 5.41) is 11.7. The monoisotopic (exact) mass is 487 g/mol. The van der Waals surface area contributed by atoms with E-state index in [0.717, 1.165) is 19.3 Å². The number of piperidine rings is 1. The number of ether oxygens (including phenoxy) is 1. The summed E-state index contributed by atoms with van der Waals surface area (Å²) in [7, 11) is -4.79. The van der Waals surface area contributed by atoms with Crippen LogP contribution in [0.1, 0.15) is 70.7 Å². The van der Waals surface area contributed by atoms with Crippen molar-refractivity contribution in [1.82, 2.24) is 25.5 Å². The smallest absolute Gasteiger partial charge is 0.418 e. The van der Waals surface area contributed by atoms with Gasteiger partial charge in [-0.1, -0.05) is 0 Å². The molecule has 2 bridgehead atoms. The maximum absolute atomic E-state index is 12.5. The molecule has 33 heavy (non-hydrogen) atoms. The zero-order valence-corrected chi connectivity index (χ0v) is 19.6. The number of nitrogens with zero attached hydrogens (tertiary/aromatic N) is 4. The standard InChI is InChI=1S/C19H29N5O8S/c1-19(2,3)31-17(25)20-12-8-11(9-12)4-7-15-21-22-16(30-15)14-6-5-13-10-23(14)18(26)24(13)32-33(27,28)29/h11-14H,4-10H2,1-3H3,(H,20,25)(H,27,28,29)/t11?,12?,13-,14-/m0/s1. The topological polar surface area (TPSA) is 164 Å². The first kappa shape index (κ1) is 23.7. The van der Waals surface area contributed by atoms with Gasteiger partial charge in [-0.2, -0.15) is 13.5 Å². The van der Waals surface area contributed by atoms with E-state index in [1.165, 1.54) is 4.90 Å². The number of nitrogens with one attached hydrogen (secondary N) is 1. The summed E-state index contributed by atoms with van der Waals surface area (Å²) >= 11 is 0. The number of hydrogen-bond donors (Lipinski definition) is 2. The van der Waals surface area contributed by atoms with Crippen molar-refractivity contribution in [3.63, 3.8) is 0 Å². The molecule has 2 saturated heterocycles. The van der Waals surface area contributed by atoms with Crippen LogP contribution in [-0.2, 0) is 25.8 Å². The van der Waals surface area contributed by atoms with Gasteiger partial charge in [0, 0.05) is 19.0 Å². The predicted octanol–water partition coefficient (Wildman–Crippen LogP) is 1.98. The highest BCUT2D eigenvalue weighted by Gasteiger charge is 2.49. The summed E-state index contributed by atoms with van der Waals surface area (Å²) in [6, 6.07) is -1.51. The number of hydroxylamine groups is 2. The number of carbonyl (C=O) groups is 2. The molecule has 14 heteroatoms. The molecule has 0 unspecified atom stereocenters. The van der Waals surface area contributed by atoms with Gasteiger partial charge < -0.3 is 19.4 Å². The minimum Gasteiger partial charge on any atom is -0.444 e. The second-order valence-electron chi connectivity index (χ2n) is 9.76. The lowest BCUT2D eigenvalue weighted by molar-refractivity contribution is -0.0317. The van der Waals surface area contributed by atoms with E-state index >= 15 is 0 Å². The van der Waals surface area contributed by atoms with Crippen LogP contribution in [0.5, 0.6) is 0 Å². The van der Waals surface area contributed by atoms with Crippen molar-refractivity contribution < 1.29 is 36.0 Å². The van der Waals surface area contributed by atoms with Crippen molar-refractivity contribution in [3.05, 3.63) is 11.8 Å². The summed E-state index contributed by atoms with van der Waals surface area (Å²) in [6.45, 7) is 5.71. The molecule has 2 aliphatic heterocycles. The van der Waals surface area contributed by atoms with Gasteiger partial charge in [0.1, 0.15) is 11.6 Å². The molecule has 2 N–H and O–H groups in total. The molecule has 0 aromatic carbocycles. The summed E-state index contributed by atoms with van der Waals surface area (Å²) in [6.07, 6.45) is 3.70. The van der Waals surface area contributed by atoms with Gasteiger partial charge in [-0.25, -0.2) is 9.59 Å². The van der Waals surface area contributed by atoms with Gasteiger partial charge in [0.2, 0.25) is 11.8 Å². The molecule has 1 aromatic heterocycles. The van der Waals surface area contributed by atoms with E-state index in [9.17, 15) is 18.0 Å². The Kier molecular flexibility index (Phi) is 6.26.